The molecular formula is C21H21NO4. The Bertz CT molecular complexity index is 895. The lowest BCUT2D eigenvalue weighted by atomic mass is 9.85. The number of aliphatic imine (C=N–C) groups is 1. The lowest BCUT2D eigenvalue weighted by molar-refractivity contribution is 0.0696. The van der Waals surface area contributed by atoms with Gasteiger partial charge in [-0.15, -0.1) is 0 Å². The number of hydrogen-bond acceptors (Lipinski definition) is 4. The van der Waals surface area contributed by atoms with Gasteiger partial charge in [-0.25, -0.2) is 4.79 Å². The Hall–Kier alpha value is -2.95. The molecule has 0 fully saturated rings. The topological polar surface area (TPSA) is 76.0 Å². The van der Waals surface area contributed by atoms with Crippen LogP contribution in [0, 0.1) is 0 Å². The summed E-state index contributed by atoms with van der Waals surface area (Å²) < 4.78 is 5.31. The molecule has 1 aliphatic rings. The Morgan fingerprint density at radius 2 is 1.77 bits per heavy atom. The Labute approximate surface area is 152 Å². The molecule has 2 aromatic carbocycles. The normalized spacial score (nSPS) is 15.0. The van der Waals surface area contributed by atoms with Gasteiger partial charge in [0.25, 0.3) is 0 Å². The van der Waals surface area contributed by atoms with E-state index in [9.17, 15) is 9.59 Å². The maximum atomic E-state index is 12.7. The standard InChI is InChI=1S/C21H21NO4/c1-21(2)12-15-8-9-16(26-3)10-17(15)18(22-21)11-19(23)13-4-6-14(7-5-13)20(24)25/h4-10H,11-12H2,1-3H3,(H,24,25). The molecule has 26 heavy (non-hydrogen) atoms. The minimum Gasteiger partial charge on any atom is -0.497 e. The monoisotopic (exact) mass is 351 g/mol. The van der Waals surface area contributed by atoms with Gasteiger partial charge >= 0.3 is 5.97 Å². The van der Waals surface area contributed by atoms with Gasteiger partial charge in [-0.2, -0.15) is 0 Å². The first-order valence-corrected chi connectivity index (χ1v) is 8.42. The molecule has 0 bridgehead atoms. The van der Waals surface area contributed by atoms with E-state index in [1.165, 1.54) is 12.1 Å². The van der Waals surface area contributed by atoms with Gasteiger partial charge in [-0.05, 0) is 50.1 Å². The van der Waals surface area contributed by atoms with E-state index in [1.54, 1.807) is 19.2 Å². The van der Waals surface area contributed by atoms with E-state index in [0.29, 0.717) is 5.56 Å². The maximum absolute atomic E-state index is 12.7. The Kier molecular flexibility index (Phi) is 4.64. The number of methoxy groups -OCH3 is 1. The molecule has 2 aromatic rings. The lowest BCUT2D eigenvalue weighted by Gasteiger charge is -2.29. The molecule has 0 saturated heterocycles. The summed E-state index contributed by atoms with van der Waals surface area (Å²) in [7, 11) is 1.61. The molecule has 1 heterocycles. The zero-order chi connectivity index (χ0) is 18.9. The van der Waals surface area contributed by atoms with Crippen LogP contribution < -0.4 is 4.74 Å². The van der Waals surface area contributed by atoms with Crippen molar-refractivity contribution in [3.63, 3.8) is 0 Å². The fourth-order valence-electron chi connectivity index (χ4n) is 3.22. The largest absolute Gasteiger partial charge is 0.497 e. The highest BCUT2D eigenvalue weighted by Crippen LogP contribution is 2.31. The number of carbonyl (C=O) groups excluding carboxylic acids is 1. The number of aromatic carboxylic acids is 1. The molecule has 5 heteroatoms. The summed E-state index contributed by atoms with van der Waals surface area (Å²) in [6.07, 6.45) is 0.966. The van der Waals surface area contributed by atoms with Crippen molar-refractivity contribution >= 4 is 17.5 Å². The first-order valence-electron chi connectivity index (χ1n) is 8.42. The third kappa shape index (κ3) is 3.67. The van der Waals surface area contributed by atoms with Crippen LogP contribution in [0.25, 0.3) is 0 Å². The van der Waals surface area contributed by atoms with Gasteiger partial charge in [0, 0.05) is 11.1 Å². The number of ketones is 1. The van der Waals surface area contributed by atoms with Gasteiger partial charge in [0.1, 0.15) is 5.75 Å². The van der Waals surface area contributed by atoms with E-state index < -0.39 is 5.97 Å². The lowest BCUT2D eigenvalue weighted by Crippen LogP contribution is -2.30. The number of ether oxygens (including phenoxy) is 1. The number of carboxylic acid groups (broad SMARTS) is 1. The summed E-state index contributed by atoms with van der Waals surface area (Å²) in [5.74, 6) is -0.370. The molecule has 0 unspecified atom stereocenters. The highest BCUT2D eigenvalue weighted by Gasteiger charge is 2.28. The van der Waals surface area contributed by atoms with Gasteiger partial charge in [0.2, 0.25) is 0 Å². The molecule has 0 spiro atoms. The average Bonchev–Trinajstić information content (AvgIpc) is 2.60. The van der Waals surface area contributed by atoms with Crippen molar-refractivity contribution < 1.29 is 19.4 Å². The van der Waals surface area contributed by atoms with Gasteiger partial charge in [0.05, 0.1) is 30.3 Å². The maximum Gasteiger partial charge on any atom is 0.335 e. The minimum absolute atomic E-state index is 0.0906. The molecular weight excluding hydrogens is 330 g/mol. The number of rotatable bonds is 5. The molecule has 0 aliphatic carbocycles. The van der Waals surface area contributed by atoms with E-state index >= 15 is 0 Å². The van der Waals surface area contributed by atoms with Crippen molar-refractivity contribution in [1.82, 2.24) is 0 Å². The summed E-state index contributed by atoms with van der Waals surface area (Å²) in [4.78, 5) is 28.5. The summed E-state index contributed by atoms with van der Waals surface area (Å²) in [6.45, 7) is 4.10. The number of hydrogen-bond donors (Lipinski definition) is 1. The summed E-state index contributed by atoms with van der Waals surface area (Å²) in [6, 6.07) is 11.9. The van der Waals surface area contributed by atoms with Crippen LogP contribution in [0.4, 0.5) is 0 Å². The summed E-state index contributed by atoms with van der Waals surface area (Å²) in [5.41, 5.74) is 3.19. The fraction of sp³-hybridized carbons (Fsp3) is 0.286. The number of benzene rings is 2. The van der Waals surface area contributed by atoms with E-state index in [0.717, 1.165) is 29.0 Å². The summed E-state index contributed by atoms with van der Waals surface area (Å²) in [5, 5.41) is 8.98. The highest BCUT2D eigenvalue weighted by molar-refractivity contribution is 6.17. The van der Waals surface area contributed by atoms with Crippen LogP contribution in [-0.2, 0) is 6.42 Å². The molecule has 1 N–H and O–H groups in total. The van der Waals surface area contributed by atoms with Crippen molar-refractivity contribution in [3.8, 4) is 5.75 Å². The fourth-order valence-corrected chi connectivity index (χ4v) is 3.22. The summed E-state index contributed by atoms with van der Waals surface area (Å²) >= 11 is 0. The third-order valence-corrected chi connectivity index (χ3v) is 4.47. The predicted octanol–water partition coefficient (Wildman–Crippen LogP) is 3.79. The zero-order valence-corrected chi connectivity index (χ0v) is 15.1. The number of carboxylic acids is 1. The van der Waals surface area contributed by atoms with E-state index in [-0.39, 0.29) is 23.3 Å². The molecule has 0 amide bonds. The molecule has 0 saturated carbocycles. The molecule has 1 aliphatic heterocycles. The minimum atomic E-state index is -1.01. The van der Waals surface area contributed by atoms with E-state index in [2.05, 4.69) is 0 Å². The second kappa shape index (κ2) is 6.75. The Morgan fingerprint density at radius 1 is 1.12 bits per heavy atom. The third-order valence-electron chi connectivity index (χ3n) is 4.47. The Morgan fingerprint density at radius 3 is 2.38 bits per heavy atom. The van der Waals surface area contributed by atoms with Crippen molar-refractivity contribution in [2.75, 3.05) is 7.11 Å². The first kappa shape index (κ1) is 17.9. The van der Waals surface area contributed by atoms with Gasteiger partial charge in [-0.3, -0.25) is 9.79 Å². The number of carbonyl (C=O) groups is 2. The van der Waals surface area contributed by atoms with Crippen LogP contribution >= 0.6 is 0 Å². The molecule has 3 rings (SSSR count). The highest BCUT2D eigenvalue weighted by atomic mass is 16.5. The molecule has 0 atom stereocenters. The second-order valence-electron chi connectivity index (χ2n) is 7.05. The molecule has 134 valence electrons. The quantitative estimate of drug-likeness (QED) is 0.832. The first-order chi connectivity index (χ1) is 12.3. The van der Waals surface area contributed by atoms with E-state index in [1.807, 2.05) is 32.0 Å². The molecule has 0 radical (unpaired) electrons. The van der Waals surface area contributed by atoms with Crippen LogP contribution in [0.15, 0.2) is 47.5 Å². The van der Waals surface area contributed by atoms with Crippen LogP contribution in [0.1, 0.15) is 52.1 Å². The number of fused-ring (bicyclic) bond motifs is 1. The van der Waals surface area contributed by atoms with Crippen LogP contribution in [0.5, 0.6) is 5.75 Å². The number of Topliss-reactive ketones (excluding diaryl/α,β-unsaturated/α-hetero) is 1. The second-order valence-corrected chi connectivity index (χ2v) is 7.05. The van der Waals surface area contributed by atoms with Gasteiger partial charge in [-0.1, -0.05) is 18.2 Å². The van der Waals surface area contributed by atoms with Gasteiger partial charge in [0.15, 0.2) is 5.78 Å². The van der Waals surface area contributed by atoms with Crippen molar-refractivity contribution in [3.05, 3.63) is 64.7 Å². The number of nitrogens with zero attached hydrogens (tertiary/aromatic N) is 1. The zero-order valence-electron chi connectivity index (χ0n) is 15.1. The Balaban J connectivity index is 1.91. The van der Waals surface area contributed by atoms with Gasteiger partial charge < -0.3 is 9.84 Å². The molecule has 0 aromatic heterocycles. The average molecular weight is 351 g/mol. The van der Waals surface area contributed by atoms with Crippen LogP contribution in [0.2, 0.25) is 0 Å². The smallest absolute Gasteiger partial charge is 0.335 e. The van der Waals surface area contributed by atoms with Crippen molar-refractivity contribution in [2.24, 2.45) is 4.99 Å². The van der Waals surface area contributed by atoms with Crippen molar-refractivity contribution in [1.29, 1.82) is 0 Å². The molecule has 5 nitrogen and oxygen atoms in total. The SMILES string of the molecule is COc1ccc2c(c1)C(CC(=O)c1ccc(C(=O)O)cc1)=NC(C)(C)C2. The van der Waals surface area contributed by atoms with Crippen molar-refractivity contribution in [2.45, 2.75) is 32.2 Å². The van der Waals surface area contributed by atoms with Crippen LogP contribution in [0.3, 0.4) is 0 Å². The van der Waals surface area contributed by atoms with Crippen LogP contribution in [-0.4, -0.2) is 35.2 Å². The predicted molar refractivity (Wildman–Crippen MR) is 99.7 cm³/mol. The van der Waals surface area contributed by atoms with E-state index in [4.69, 9.17) is 14.8 Å².